The summed E-state index contributed by atoms with van der Waals surface area (Å²) < 4.78 is 9.47. The molecule has 0 aliphatic carbocycles. The molecular weight excluding hydrogens is 318 g/mol. The number of hydrogen-bond donors (Lipinski definition) is 1. The first-order valence-electron chi connectivity index (χ1n) is 7.14. The number of nitro benzene ring substituents is 1. The van der Waals surface area contributed by atoms with Crippen LogP contribution in [0, 0.1) is 10.1 Å². The number of nitro groups is 1. The van der Waals surface area contributed by atoms with Gasteiger partial charge in [-0.2, -0.15) is 0 Å². The summed E-state index contributed by atoms with van der Waals surface area (Å²) in [5, 5.41) is 13.7. The SMILES string of the molecule is CCOC(=O)C(Nc1cccc([N+](=O)[O-])c1)/C(C)=N/CC(=O)OC. The number of benzene rings is 1. The summed E-state index contributed by atoms with van der Waals surface area (Å²) in [6.07, 6.45) is 0. The van der Waals surface area contributed by atoms with Gasteiger partial charge >= 0.3 is 11.9 Å². The summed E-state index contributed by atoms with van der Waals surface area (Å²) in [6.45, 7) is 3.13. The van der Waals surface area contributed by atoms with Crippen molar-refractivity contribution in [1.29, 1.82) is 0 Å². The van der Waals surface area contributed by atoms with Crippen LogP contribution in [0.4, 0.5) is 11.4 Å². The van der Waals surface area contributed by atoms with Crippen molar-refractivity contribution >= 4 is 29.0 Å². The minimum absolute atomic E-state index is 0.119. The van der Waals surface area contributed by atoms with Crippen molar-refractivity contribution in [2.24, 2.45) is 4.99 Å². The topological polar surface area (TPSA) is 120 Å². The maximum atomic E-state index is 12.1. The van der Waals surface area contributed by atoms with E-state index in [1.54, 1.807) is 19.9 Å². The van der Waals surface area contributed by atoms with Crippen LogP contribution in [-0.2, 0) is 19.1 Å². The van der Waals surface area contributed by atoms with E-state index in [2.05, 4.69) is 15.0 Å². The number of nitrogens with one attached hydrogen (secondary N) is 1. The molecule has 1 N–H and O–H groups in total. The van der Waals surface area contributed by atoms with Gasteiger partial charge in [0.2, 0.25) is 0 Å². The fourth-order valence-corrected chi connectivity index (χ4v) is 1.78. The van der Waals surface area contributed by atoms with Crippen molar-refractivity contribution in [3.63, 3.8) is 0 Å². The van der Waals surface area contributed by atoms with Gasteiger partial charge in [-0.05, 0) is 19.9 Å². The van der Waals surface area contributed by atoms with Crippen LogP contribution in [-0.4, -0.2) is 48.9 Å². The first-order valence-corrected chi connectivity index (χ1v) is 7.14. The highest BCUT2D eigenvalue weighted by Crippen LogP contribution is 2.18. The molecule has 0 bridgehead atoms. The third kappa shape index (κ3) is 5.67. The number of esters is 2. The third-order valence-electron chi connectivity index (χ3n) is 2.99. The second-order valence-corrected chi connectivity index (χ2v) is 4.67. The van der Waals surface area contributed by atoms with Crippen molar-refractivity contribution in [2.45, 2.75) is 19.9 Å². The lowest BCUT2D eigenvalue weighted by Crippen LogP contribution is -2.38. The molecule has 0 saturated carbocycles. The monoisotopic (exact) mass is 337 g/mol. The van der Waals surface area contributed by atoms with E-state index in [0.29, 0.717) is 11.4 Å². The Hall–Kier alpha value is -2.97. The number of aliphatic imine (C=N–C) groups is 1. The predicted octanol–water partition coefficient (Wildman–Crippen LogP) is 1.57. The van der Waals surface area contributed by atoms with Crippen LogP contribution in [0.5, 0.6) is 0 Å². The number of nitrogens with zero attached hydrogens (tertiary/aromatic N) is 2. The molecule has 0 fully saturated rings. The summed E-state index contributed by atoms with van der Waals surface area (Å²) in [4.78, 5) is 37.6. The molecule has 24 heavy (non-hydrogen) atoms. The van der Waals surface area contributed by atoms with Crippen LogP contribution < -0.4 is 5.32 Å². The Morgan fingerprint density at radius 3 is 2.71 bits per heavy atom. The standard InChI is InChI=1S/C15H19N3O6/c1-4-24-15(20)14(10(2)16-9-13(19)23-3)17-11-6-5-7-12(8-11)18(21)22/h5-8,14,17H,4,9H2,1-3H3/b16-10+. The molecule has 130 valence electrons. The highest BCUT2D eigenvalue weighted by Gasteiger charge is 2.23. The largest absolute Gasteiger partial charge is 0.468 e. The average Bonchev–Trinajstić information content (AvgIpc) is 2.57. The molecule has 0 aromatic heterocycles. The summed E-state index contributed by atoms with van der Waals surface area (Å²) in [5.41, 5.74) is 0.534. The van der Waals surface area contributed by atoms with Gasteiger partial charge in [0.15, 0.2) is 6.04 Å². The van der Waals surface area contributed by atoms with E-state index >= 15 is 0 Å². The summed E-state index contributed by atoms with van der Waals surface area (Å²) >= 11 is 0. The molecule has 0 spiro atoms. The first kappa shape index (κ1) is 19.1. The van der Waals surface area contributed by atoms with Crippen LogP contribution in [0.2, 0.25) is 0 Å². The Kier molecular flexibility index (Phi) is 7.34. The Balaban J connectivity index is 3.01. The van der Waals surface area contributed by atoms with E-state index in [4.69, 9.17) is 4.74 Å². The van der Waals surface area contributed by atoms with Crippen molar-refractivity contribution in [3.8, 4) is 0 Å². The van der Waals surface area contributed by atoms with Crippen molar-refractivity contribution in [1.82, 2.24) is 0 Å². The van der Waals surface area contributed by atoms with Gasteiger partial charge in [0.1, 0.15) is 6.54 Å². The Morgan fingerprint density at radius 2 is 2.12 bits per heavy atom. The molecule has 0 amide bonds. The molecule has 9 nitrogen and oxygen atoms in total. The molecule has 9 heteroatoms. The molecule has 0 aliphatic heterocycles. The van der Waals surface area contributed by atoms with Crippen molar-refractivity contribution < 1.29 is 24.0 Å². The number of carbonyl (C=O) groups is 2. The molecule has 1 unspecified atom stereocenters. The zero-order valence-electron chi connectivity index (χ0n) is 13.6. The first-order chi connectivity index (χ1) is 11.4. The van der Waals surface area contributed by atoms with E-state index in [-0.39, 0.29) is 18.8 Å². The fourth-order valence-electron chi connectivity index (χ4n) is 1.78. The highest BCUT2D eigenvalue weighted by atomic mass is 16.6. The molecular formula is C15H19N3O6. The second-order valence-electron chi connectivity index (χ2n) is 4.67. The smallest absolute Gasteiger partial charge is 0.334 e. The number of anilines is 1. The second kappa shape index (κ2) is 9.23. The van der Waals surface area contributed by atoms with Gasteiger partial charge in [0.05, 0.1) is 18.6 Å². The molecule has 0 aliphatic rings. The lowest BCUT2D eigenvalue weighted by Gasteiger charge is -2.18. The van der Waals surface area contributed by atoms with Gasteiger partial charge in [-0.1, -0.05) is 6.07 Å². The normalized spacial score (nSPS) is 12.2. The minimum atomic E-state index is -0.975. The Morgan fingerprint density at radius 1 is 1.42 bits per heavy atom. The summed E-state index contributed by atoms with van der Waals surface area (Å²) in [6, 6.07) is 4.72. The molecule has 0 radical (unpaired) electrons. The number of rotatable bonds is 8. The fraction of sp³-hybridized carbons (Fsp3) is 0.400. The van der Waals surface area contributed by atoms with Gasteiger partial charge in [-0.15, -0.1) is 0 Å². The average molecular weight is 337 g/mol. The maximum absolute atomic E-state index is 12.1. The zero-order valence-corrected chi connectivity index (χ0v) is 13.6. The number of methoxy groups -OCH3 is 1. The van der Waals surface area contributed by atoms with Gasteiger partial charge in [-0.3, -0.25) is 19.9 Å². The van der Waals surface area contributed by atoms with Crippen molar-refractivity contribution in [3.05, 3.63) is 34.4 Å². The highest BCUT2D eigenvalue weighted by molar-refractivity contribution is 6.07. The number of ether oxygens (including phenoxy) is 2. The van der Waals surface area contributed by atoms with E-state index < -0.39 is 22.9 Å². The number of carbonyl (C=O) groups excluding carboxylic acids is 2. The van der Waals surface area contributed by atoms with E-state index in [0.717, 1.165) is 0 Å². The molecule has 0 saturated heterocycles. The van der Waals surface area contributed by atoms with Crippen LogP contribution in [0.3, 0.4) is 0 Å². The number of hydrogen-bond acceptors (Lipinski definition) is 8. The van der Waals surface area contributed by atoms with E-state index in [1.807, 2.05) is 0 Å². The molecule has 0 heterocycles. The van der Waals surface area contributed by atoms with E-state index in [1.165, 1.54) is 25.3 Å². The number of non-ortho nitro benzene ring substituents is 1. The van der Waals surface area contributed by atoms with Gasteiger partial charge in [-0.25, -0.2) is 4.79 Å². The van der Waals surface area contributed by atoms with Crippen LogP contribution >= 0.6 is 0 Å². The lowest BCUT2D eigenvalue weighted by molar-refractivity contribution is -0.384. The van der Waals surface area contributed by atoms with Gasteiger partial charge in [0.25, 0.3) is 5.69 Å². The lowest BCUT2D eigenvalue weighted by atomic mass is 10.1. The maximum Gasteiger partial charge on any atom is 0.334 e. The quantitative estimate of drug-likeness (QED) is 0.331. The van der Waals surface area contributed by atoms with E-state index in [9.17, 15) is 19.7 Å². The summed E-state index contributed by atoms with van der Waals surface area (Å²) in [5.74, 6) is -1.15. The Labute approximate surface area is 138 Å². The van der Waals surface area contributed by atoms with Gasteiger partial charge in [0, 0.05) is 23.5 Å². The molecule has 1 aromatic rings. The van der Waals surface area contributed by atoms with Crippen LogP contribution in [0.25, 0.3) is 0 Å². The molecule has 1 aromatic carbocycles. The Bertz CT molecular complexity index is 644. The van der Waals surface area contributed by atoms with Gasteiger partial charge < -0.3 is 14.8 Å². The molecule has 1 rings (SSSR count). The molecule has 1 atom stereocenters. The minimum Gasteiger partial charge on any atom is -0.468 e. The predicted molar refractivity (Wildman–Crippen MR) is 87.1 cm³/mol. The summed E-state index contributed by atoms with van der Waals surface area (Å²) in [7, 11) is 1.23. The zero-order chi connectivity index (χ0) is 18.1. The third-order valence-corrected chi connectivity index (χ3v) is 2.99. The van der Waals surface area contributed by atoms with Crippen LogP contribution in [0.1, 0.15) is 13.8 Å². The van der Waals surface area contributed by atoms with Crippen LogP contribution in [0.15, 0.2) is 29.3 Å². The van der Waals surface area contributed by atoms with Crippen molar-refractivity contribution in [2.75, 3.05) is 25.6 Å².